The standard InChI is InChI=1S/C15H12FN3O2/c16-13-3-1-2-11(12(13)8-20)10-4-5-15-18-14(17-9-21)7-19(15)6-10/h1-7,9,20H,8H2,(H,17,21). The molecular weight excluding hydrogens is 273 g/mol. The Bertz CT molecular complexity index is 814. The third-order valence-electron chi connectivity index (χ3n) is 3.25. The largest absolute Gasteiger partial charge is 0.392 e. The summed E-state index contributed by atoms with van der Waals surface area (Å²) in [6.07, 6.45) is 3.98. The number of amides is 1. The van der Waals surface area contributed by atoms with E-state index in [1.165, 1.54) is 6.07 Å². The summed E-state index contributed by atoms with van der Waals surface area (Å²) in [5.41, 5.74) is 2.28. The summed E-state index contributed by atoms with van der Waals surface area (Å²) in [4.78, 5) is 14.6. The molecule has 0 aliphatic rings. The van der Waals surface area contributed by atoms with E-state index in [9.17, 15) is 14.3 Å². The summed E-state index contributed by atoms with van der Waals surface area (Å²) >= 11 is 0. The molecule has 0 radical (unpaired) electrons. The number of nitrogens with zero attached hydrogens (tertiary/aromatic N) is 2. The molecule has 0 unspecified atom stereocenters. The third kappa shape index (κ3) is 2.36. The summed E-state index contributed by atoms with van der Waals surface area (Å²) in [6.45, 7) is -0.373. The zero-order valence-corrected chi connectivity index (χ0v) is 11.0. The number of benzene rings is 1. The van der Waals surface area contributed by atoms with E-state index in [1.807, 2.05) is 0 Å². The highest BCUT2D eigenvalue weighted by atomic mass is 19.1. The van der Waals surface area contributed by atoms with Gasteiger partial charge in [-0.1, -0.05) is 12.1 Å². The van der Waals surface area contributed by atoms with Crippen LogP contribution >= 0.6 is 0 Å². The molecule has 0 aliphatic heterocycles. The molecule has 0 spiro atoms. The van der Waals surface area contributed by atoms with Crippen molar-refractivity contribution in [3.63, 3.8) is 0 Å². The highest BCUT2D eigenvalue weighted by Crippen LogP contribution is 2.26. The van der Waals surface area contributed by atoms with Crippen LogP contribution in [0, 0.1) is 5.82 Å². The molecule has 0 atom stereocenters. The maximum atomic E-state index is 13.7. The topological polar surface area (TPSA) is 66.6 Å². The Balaban J connectivity index is 2.12. The second-order valence-corrected chi connectivity index (χ2v) is 4.50. The van der Waals surface area contributed by atoms with Crippen LogP contribution in [0.5, 0.6) is 0 Å². The van der Waals surface area contributed by atoms with Crippen LogP contribution in [0.25, 0.3) is 16.8 Å². The number of aromatic nitrogens is 2. The fourth-order valence-corrected chi connectivity index (χ4v) is 2.27. The van der Waals surface area contributed by atoms with E-state index in [1.54, 1.807) is 41.1 Å². The van der Waals surface area contributed by atoms with Crippen molar-refractivity contribution in [2.75, 3.05) is 5.32 Å². The van der Waals surface area contributed by atoms with Gasteiger partial charge in [0.2, 0.25) is 6.41 Å². The molecule has 0 bridgehead atoms. The van der Waals surface area contributed by atoms with Crippen LogP contribution in [-0.2, 0) is 11.4 Å². The Labute approximate surface area is 119 Å². The Hall–Kier alpha value is -2.73. The van der Waals surface area contributed by atoms with E-state index in [2.05, 4.69) is 10.3 Å². The molecule has 6 heteroatoms. The van der Waals surface area contributed by atoms with Gasteiger partial charge >= 0.3 is 0 Å². The first-order chi connectivity index (χ1) is 10.2. The minimum atomic E-state index is -0.441. The molecule has 21 heavy (non-hydrogen) atoms. The van der Waals surface area contributed by atoms with Crippen molar-refractivity contribution in [3.8, 4) is 11.1 Å². The van der Waals surface area contributed by atoms with Crippen molar-refractivity contribution in [1.29, 1.82) is 0 Å². The average molecular weight is 285 g/mol. The number of rotatable bonds is 4. The second kappa shape index (κ2) is 5.34. The van der Waals surface area contributed by atoms with Crippen molar-refractivity contribution < 1.29 is 14.3 Å². The maximum Gasteiger partial charge on any atom is 0.212 e. The number of aliphatic hydroxyl groups excluding tert-OH is 1. The van der Waals surface area contributed by atoms with E-state index in [4.69, 9.17) is 0 Å². The predicted octanol–water partition coefficient (Wildman–Crippen LogP) is 2.20. The van der Waals surface area contributed by atoms with Crippen LogP contribution in [0.4, 0.5) is 10.2 Å². The SMILES string of the molecule is O=CNc1cn2cc(-c3cccc(F)c3CO)ccc2n1. The van der Waals surface area contributed by atoms with Crippen LogP contribution in [0.3, 0.4) is 0 Å². The summed E-state index contributed by atoms with van der Waals surface area (Å²) in [5.74, 6) is -0.00666. The molecule has 1 amide bonds. The second-order valence-electron chi connectivity index (χ2n) is 4.50. The van der Waals surface area contributed by atoms with Crippen LogP contribution < -0.4 is 5.32 Å². The molecule has 2 heterocycles. The Morgan fingerprint density at radius 2 is 2.14 bits per heavy atom. The number of hydrogen-bond acceptors (Lipinski definition) is 3. The van der Waals surface area contributed by atoms with Crippen LogP contribution in [-0.4, -0.2) is 20.9 Å². The smallest absolute Gasteiger partial charge is 0.212 e. The Kier molecular flexibility index (Phi) is 3.37. The first kappa shape index (κ1) is 13.3. The van der Waals surface area contributed by atoms with Crippen molar-refractivity contribution >= 4 is 17.9 Å². The lowest BCUT2D eigenvalue weighted by atomic mass is 10.0. The highest BCUT2D eigenvalue weighted by Gasteiger charge is 2.10. The number of carbonyl (C=O) groups excluding carboxylic acids is 1. The molecule has 3 rings (SSSR count). The summed E-state index contributed by atoms with van der Waals surface area (Å²) in [7, 11) is 0. The first-order valence-electron chi connectivity index (χ1n) is 6.30. The number of nitrogens with one attached hydrogen (secondary N) is 1. The van der Waals surface area contributed by atoms with Gasteiger partial charge in [-0.05, 0) is 29.3 Å². The number of imidazole rings is 1. The van der Waals surface area contributed by atoms with E-state index < -0.39 is 5.82 Å². The molecule has 0 saturated carbocycles. The summed E-state index contributed by atoms with van der Waals surface area (Å²) < 4.78 is 15.5. The molecule has 5 nitrogen and oxygen atoms in total. The van der Waals surface area contributed by atoms with E-state index in [-0.39, 0.29) is 12.2 Å². The molecule has 0 aliphatic carbocycles. The Morgan fingerprint density at radius 3 is 2.90 bits per heavy atom. The van der Waals surface area contributed by atoms with Crippen molar-refractivity contribution in [1.82, 2.24) is 9.38 Å². The minimum absolute atomic E-state index is 0.253. The minimum Gasteiger partial charge on any atom is -0.392 e. The number of carbonyl (C=O) groups is 1. The number of anilines is 1. The maximum absolute atomic E-state index is 13.7. The molecule has 3 aromatic rings. The van der Waals surface area contributed by atoms with Crippen LogP contribution in [0.2, 0.25) is 0 Å². The first-order valence-corrected chi connectivity index (χ1v) is 6.30. The molecule has 2 N–H and O–H groups in total. The van der Waals surface area contributed by atoms with Crippen LogP contribution in [0.1, 0.15) is 5.56 Å². The fraction of sp³-hybridized carbons (Fsp3) is 0.0667. The number of pyridine rings is 1. The lowest BCUT2D eigenvalue weighted by Crippen LogP contribution is -1.95. The van der Waals surface area contributed by atoms with Gasteiger partial charge in [0.25, 0.3) is 0 Å². The van der Waals surface area contributed by atoms with Crippen LogP contribution in [0.15, 0.2) is 42.7 Å². The zero-order chi connectivity index (χ0) is 14.8. The molecule has 106 valence electrons. The number of halogens is 1. The number of hydrogen-bond donors (Lipinski definition) is 2. The van der Waals surface area contributed by atoms with Gasteiger partial charge < -0.3 is 14.8 Å². The van der Waals surface area contributed by atoms with E-state index >= 15 is 0 Å². The number of aliphatic hydroxyl groups is 1. The molecule has 0 saturated heterocycles. The van der Waals surface area contributed by atoms with Gasteiger partial charge in [0.15, 0.2) is 5.82 Å². The lowest BCUT2D eigenvalue weighted by Gasteiger charge is -2.09. The normalized spacial score (nSPS) is 10.8. The monoisotopic (exact) mass is 285 g/mol. The summed E-state index contributed by atoms with van der Waals surface area (Å²) in [5, 5.41) is 11.8. The quantitative estimate of drug-likeness (QED) is 0.722. The molecule has 0 fully saturated rings. The Morgan fingerprint density at radius 1 is 1.29 bits per heavy atom. The average Bonchev–Trinajstić information content (AvgIpc) is 2.88. The van der Waals surface area contributed by atoms with Gasteiger partial charge in [-0.2, -0.15) is 0 Å². The molecule has 1 aromatic carbocycles. The van der Waals surface area contributed by atoms with Crippen molar-refractivity contribution in [2.24, 2.45) is 0 Å². The summed E-state index contributed by atoms with van der Waals surface area (Å²) in [6, 6.07) is 8.22. The molecule has 2 aromatic heterocycles. The van der Waals surface area contributed by atoms with Crippen molar-refractivity contribution in [3.05, 3.63) is 54.1 Å². The van der Waals surface area contributed by atoms with Crippen molar-refractivity contribution in [2.45, 2.75) is 6.61 Å². The van der Waals surface area contributed by atoms with Gasteiger partial charge in [-0.25, -0.2) is 9.37 Å². The lowest BCUT2D eigenvalue weighted by molar-refractivity contribution is -0.105. The van der Waals surface area contributed by atoms with Gasteiger partial charge in [-0.3, -0.25) is 4.79 Å². The predicted molar refractivity (Wildman–Crippen MR) is 76.2 cm³/mol. The third-order valence-corrected chi connectivity index (χ3v) is 3.25. The zero-order valence-electron chi connectivity index (χ0n) is 11.0. The van der Waals surface area contributed by atoms with E-state index in [0.717, 1.165) is 5.56 Å². The van der Waals surface area contributed by atoms with Gasteiger partial charge in [-0.15, -0.1) is 0 Å². The highest BCUT2D eigenvalue weighted by molar-refractivity contribution is 5.72. The van der Waals surface area contributed by atoms with E-state index in [0.29, 0.717) is 23.4 Å². The number of fused-ring (bicyclic) bond motifs is 1. The van der Waals surface area contributed by atoms with Gasteiger partial charge in [0.1, 0.15) is 11.5 Å². The molecular formula is C15H12FN3O2. The fourth-order valence-electron chi connectivity index (χ4n) is 2.27. The van der Waals surface area contributed by atoms with Gasteiger partial charge in [0, 0.05) is 11.8 Å². The van der Waals surface area contributed by atoms with Gasteiger partial charge in [0.05, 0.1) is 12.8 Å².